The Morgan fingerprint density at radius 3 is 2.85 bits per heavy atom. The molecule has 102 valence electrons. The second-order valence-corrected chi connectivity index (χ2v) is 4.62. The van der Waals surface area contributed by atoms with Gasteiger partial charge in [0, 0.05) is 24.5 Å². The van der Waals surface area contributed by atoms with Gasteiger partial charge in [-0.25, -0.2) is 4.79 Å². The van der Waals surface area contributed by atoms with Crippen LogP contribution >= 0.6 is 0 Å². The maximum absolute atomic E-state index is 11.7. The number of para-hydroxylation sites is 1. The first-order valence-corrected chi connectivity index (χ1v) is 6.51. The van der Waals surface area contributed by atoms with Gasteiger partial charge in [0.1, 0.15) is 11.9 Å². The van der Waals surface area contributed by atoms with Gasteiger partial charge in [-0.05, 0) is 23.8 Å². The number of rotatable bonds is 3. The molecular weight excluding hydrogens is 254 g/mol. The molecule has 1 aromatic carbocycles. The lowest BCUT2D eigenvalue weighted by atomic mass is 10.1. The van der Waals surface area contributed by atoms with E-state index in [9.17, 15) is 4.79 Å². The minimum Gasteiger partial charge on any atom is -0.488 e. The lowest BCUT2D eigenvalue weighted by Gasteiger charge is -2.12. The van der Waals surface area contributed by atoms with Crippen LogP contribution in [0.1, 0.15) is 5.56 Å². The molecule has 0 saturated heterocycles. The molecule has 5 heteroatoms. The maximum Gasteiger partial charge on any atom is 0.319 e. The van der Waals surface area contributed by atoms with Crippen LogP contribution in [0.4, 0.5) is 10.5 Å². The van der Waals surface area contributed by atoms with Gasteiger partial charge in [-0.2, -0.15) is 0 Å². The van der Waals surface area contributed by atoms with Gasteiger partial charge in [-0.3, -0.25) is 4.98 Å². The second kappa shape index (κ2) is 5.61. The first kappa shape index (κ1) is 12.5. The van der Waals surface area contributed by atoms with Gasteiger partial charge in [-0.1, -0.05) is 18.2 Å². The average Bonchev–Trinajstić information content (AvgIpc) is 2.89. The molecule has 1 aliphatic rings. The molecular formula is C15H15N3O2. The van der Waals surface area contributed by atoms with Crippen molar-refractivity contribution in [2.75, 3.05) is 11.9 Å². The van der Waals surface area contributed by atoms with E-state index < -0.39 is 0 Å². The highest BCUT2D eigenvalue weighted by atomic mass is 16.5. The maximum atomic E-state index is 11.7. The molecule has 1 atom stereocenters. The Kier molecular flexibility index (Phi) is 3.50. The standard InChI is InChI=1S/C15H15N3O2/c19-15(18-12-5-7-16-8-6-12)17-10-13-9-11-3-1-2-4-14(11)20-13/h1-8,13H,9-10H2,(H2,16,17,18,19)/t13-/m1/s1. The quantitative estimate of drug-likeness (QED) is 0.898. The van der Waals surface area contributed by atoms with E-state index in [0.717, 1.165) is 12.2 Å². The summed E-state index contributed by atoms with van der Waals surface area (Å²) < 4.78 is 5.76. The van der Waals surface area contributed by atoms with Gasteiger partial charge in [0.25, 0.3) is 0 Å². The molecule has 0 unspecified atom stereocenters. The lowest BCUT2D eigenvalue weighted by Crippen LogP contribution is -2.37. The number of anilines is 1. The van der Waals surface area contributed by atoms with Crippen molar-refractivity contribution in [2.24, 2.45) is 0 Å². The monoisotopic (exact) mass is 269 g/mol. The highest BCUT2D eigenvalue weighted by Gasteiger charge is 2.22. The van der Waals surface area contributed by atoms with E-state index in [1.807, 2.05) is 24.3 Å². The van der Waals surface area contributed by atoms with Crippen molar-refractivity contribution in [3.8, 4) is 5.75 Å². The minimum atomic E-state index is -0.240. The molecule has 1 aromatic heterocycles. The Morgan fingerprint density at radius 1 is 1.25 bits per heavy atom. The molecule has 0 aliphatic carbocycles. The molecule has 0 saturated carbocycles. The zero-order chi connectivity index (χ0) is 13.8. The fourth-order valence-corrected chi connectivity index (χ4v) is 2.18. The lowest BCUT2D eigenvalue weighted by molar-refractivity contribution is 0.219. The van der Waals surface area contributed by atoms with Gasteiger partial charge in [0.15, 0.2) is 0 Å². The number of hydrogen-bond acceptors (Lipinski definition) is 3. The number of nitrogens with zero attached hydrogens (tertiary/aromatic N) is 1. The molecule has 0 bridgehead atoms. The van der Waals surface area contributed by atoms with Crippen LogP contribution in [0.25, 0.3) is 0 Å². The molecule has 1 aliphatic heterocycles. The predicted molar refractivity (Wildman–Crippen MR) is 75.8 cm³/mol. The SMILES string of the molecule is O=C(NC[C@H]1Cc2ccccc2O1)Nc1ccncc1. The molecule has 2 aromatic rings. The van der Waals surface area contributed by atoms with Crippen LogP contribution in [0.3, 0.4) is 0 Å². The normalized spacial score (nSPS) is 16.1. The van der Waals surface area contributed by atoms with Crippen LogP contribution in [0, 0.1) is 0 Å². The van der Waals surface area contributed by atoms with Crippen molar-refractivity contribution in [2.45, 2.75) is 12.5 Å². The molecule has 5 nitrogen and oxygen atoms in total. The van der Waals surface area contributed by atoms with Crippen molar-refractivity contribution < 1.29 is 9.53 Å². The molecule has 0 radical (unpaired) electrons. The number of amides is 2. The Balaban J connectivity index is 1.48. The number of carbonyl (C=O) groups excluding carboxylic acids is 1. The average molecular weight is 269 g/mol. The van der Waals surface area contributed by atoms with E-state index >= 15 is 0 Å². The van der Waals surface area contributed by atoms with Crippen molar-refractivity contribution in [3.05, 3.63) is 54.4 Å². The van der Waals surface area contributed by atoms with Crippen molar-refractivity contribution >= 4 is 11.7 Å². The zero-order valence-electron chi connectivity index (χ0n) is 10.9. The molecule has 0 spiro atoms. The summed E-state index contributed by atoms with van der Waals surface area (Å²) in [6.07, 6.45) is 4.08. The van der Waals surface area contributed by atoms with Crippen LogP contribution in [0.5, 0.6) is 5.75 Å². The van der Waals surface area contributed by atoms with Crippen LogP contribution in [0.15, 0.2) is 48.8 Å². The van der Waals surface area contributed by atoms with Gasteiger partial charge in [-0.15, -0.1) is 0 Å². The summed E-state index contributed by atoms with van der Waals surface area (Å²) in [5, 5.41) is 5.55. The summed E-state index contributed by atoms with van der Waals surface area (Å²) in [6.45, 7) is 0.478. The van der Waals surface area contributed by atoms with Crippen LogP contribution in [-0.2, 0) is 6.42 Å². The van der Waals surface area contributed by atoms with E-state index in [2.05, 4.69) is 15.6 Å². The van der Waals surface area contributed by atoms with Gasteiger partial charge in [0.2, 0.25) is 0 Å². The first-order valence-electron chi connectivity index (χ1n) is 6.51. The minimum absolute atomic E-state index is 0.00408. The van der Waals surface area contributed by atoms with Gasteiger partial charge in [0.05, 0.1) is 6.54 Å². The number of carbonyl (C=O) groups is 1. The summed E-state index contributed by atoms with van der Waals surface area (Å²) in [5.41, 5.74) is 1.90. The van der Waals surface area contributed by atoms with Crippen LogP contribution in [-0.4, -0.2) is 23.7 Å². The number of hydrogen-bond donors (Lipinski definition) is 2. The number of pyridine rings is 1. The number of benzene rings is 1. The second-order valence-electron chi connectivity index (χ2n) is 4.62. The topological polar surface area (TPSA) is 63.2 Å². The molecule has 2 heterocycles. The van der Waals surface area contributed by atoms with E-state index in [1.165, 1.54) is 5.56 Å². The number of aromatic nitrogens is 1. The van der Waals surface area contributed by atoms with E-state index in [4.69, 9.17) is 4.74 Å². The fraction of sp³-hybridized carbons (Fsp3) is 0.200. The molecule has 2 amide bonds. The molecule has 20 heavy (non-hydrogen) atoms. The third-order valence-electron chi connectivity index (χ3n) is 3.14. The van der Waals surface area contributed by atoms with Crippen molar-refractivity contribution in [1.82, 2.24) is 10.3 Å². The Bertz CT molecular complexity index is 576. The van der Waals surface area contributed by atoms with E-state index in [-0.39, 0.29) is 12.1 Å². The summed E-state index contributed by atoms with van der Waals surface area (Å²) in [5.74, 6) is 0.911. The van der Waals surface area contributed by atoms with Crippen LogP contribution in [0.2, 0.25) is 0 Å². The zero-order valence-corrected chi connectivity index (χ0v) is 10.9. The highest BCUT2D eigenvalue weighted by molar-refractivity contribution is 5.89. The Hall–Kier alpha value is -2.56. The third kappa shape index (κ3) is 2.88. The molecule has 2 N–H and O–H groups in total. The number of urea groups is 1. The summed E-state index contributed by atoms with van der Waals surface area (Å²) >= 11 is 0. The Morgan fingerprint density at radius 2 is 2.05 bits per heavy atom. The molecule has 0 fully saturated rings. The fourth-order valence-electron chi connectivity index (χ4n) is 2.18. The number of ether oxygens (including phenoxy) is 1. The number of fused-ring (bicyclic) bond motifs is 1. The number of nitrogens with one attached hydrogen (secondary N) is 2. The predicted octanol–water partition coefficient (Wildman–Crippen LogP) is 2.21. The van der Waals surface area contributed by atoms with E-state index in [0.29, 0.717) is 12.2 Å². The smallest absolute Gasteiger partial charge is 0.319 e. The summed E-state index contributed by atoms with van der Waals surface area (Å²) in [6, 6.07) is 11.2. The van der Waals surface area contributed by atoms with Crippen molar-refractivity contribution in [1.29, 1.82) is 0 Å². The summed E-state index contributed by atoms with van der Waals surface area (Å²) in [7, 11) is 0. The third-order valence-corrected chi connectivity index (χ3v) is 3.14. The summed E-state index contributed by atoms with van der Waals surface area (Å²) in [4.78, 5) is 15.6. The Labute approximate surface area is 117 Å². The first-order chi connectivity index (χ1) is 9.81. The van der Waals surface area contributed by atoms with Gasteiger partial charge < -0.3 is 15.4 Å². The van der Waals surface area contributed by atoms with E-state index in [1.54, 1.807) is 24.5 Å². The largest absolute Gasteiger partial charge is 0.488 e. The van der Waals surface area contributed by atoms with Gasteiger partial charge >= 0.3 is 6.03 Å². The molecule has 3 rings (SSSR count). The highest BCUT2D eigenvalue weighted by Crippen LogP contribution is 2.27. The van der Waals surface area contributed by atoms with Crippen molar-refractivity contribution in [3.63, 3.8) is 0 Å². The van der Waals surface area contributed by atoms with Crippen LogP contribution < -0.4 is 15.4 Å².